The van der Waals surface area contributed by atoms with E-state index in [9.17, 15) is 39.9 Å². The summed E-state index contributed by atoms with van der Waals surface area (Å²) in [5.41, 5.74) is -2.39. The zero-order valence-corrected chi connectivity index (χ0v) is 19.7. The number of aliphatic hydroxyl groups excluding tert-OH is 1. The number of halogens is 6. The zero-order chi connectivity index (χ0) is 26.5. The van der Waals surface area contributed by atoms with Crippen molar-refractivity contribution in [2.24, 2.45) is 0 Å². The van der Waals surface area contributed by atoms with E-state index in [2.05, 4.69) is 10.1 Å². The van der Waals surface area contributed by atoms with Crippen molar-refractivity contribution in [2.75, 3.05) is 6.26 Å². The lowest BCUT2D eigenvalue weighted by molar-refractivity contribution is -0.141. The minimum absolute atomic E-state index is 0.120. The van der Waals surface area contributed by atoms with Crippen LogP contribution in [0.15, 0.2) is 59.6 Å². The molecule has 0 aliphatic rings. The first kappa shape index (κ1) is 25.9. The molecule has 1 aromatic carbocycles. The maximum atomic E-state index is 13.6. The van der Waals surface area contributed by atoms with Crippen LogP contribution in [0.3, 0.4) is 0 Å². The summed E-state index contributed by atoms with van der Waals surface area (Å²) in [6.07, 6.45) is -7.86. The number of rotatable bonds is 5. The molecule has 190 valence electrons. The molecule has 0 saturated heterocycles. The van der Waals surface area contributed by atoms with Gasteiger partial charge in [0.1, 0.15) is 5.56 Å². The van der Waals surface area contributed by atoms with E-state index < -0.39 is 45.9 Å². The van der Waals surface area contributed by atoms with E-state index in [1.54, 1.807) is 0 Å². The van der Waals surface area contributed by atoms with Crippen molar-refractivity contribution >= 4 is 21.2 Å². The summed E-state index contributed by atoms with van der Waals surface area (Å²) in [6.45, 7) is -0.524. The van der Waals surface area contributed by atoms with Gasteiger partial charge in [0.05, 0.1) is 22.1 Å². The molecule has 36 heavy (non-hydrogen) atoms. The smallest absolute Gasteiger partial charge is 0.392 e. The van der Waals surface area contributed by atoms with Crippen LogP contribution in [0.1, 0.15) is 16.8 Å². The monoisotopic (exact) mass is 547 g/mol. The predicted octanol–water partition coefficient (Wildman–Crippen LogP) is 5.60. The van der Waals surface area contributed by atoms with Gasteiger partial charge in [-0.05, 0) is 47.5 Å². The van der Waals surface area contributed by atoms with Crippen LogP contribution in [-0.4, -0.2) is 34.5 Å². The Labute approximate surface area is 204 Å². The molecular weight excluding hydrogens is 532 g/mol. The quantitative estimate of drug-likeness (QED) is 0.329. The molecule has 3 aromatic heterocycles. The molecule has 0 aliphatic carbocycles. The Balaban J connectivity index is 1.88. The van der Waals surface area contributed by atoms with Crippen molar-refractivity contribution in [3.63, 3.8) is 0 Å². The first-order valence-corrected chi connectivity index (χ1v) is 12.6. The minimum Gasteiger partial charge on any atom is -0.392 e. The molecule has 0 saturated carbocycles. The van der Waals surface area contributed by atoms with E-state index in [0.717, 1.165) is 29.9 Å². The lowest BCUT2D eigenvalue weighted by Crippen LogP contribution is -2.14. The number of nitrogens with zero attached hydrogens (tertiary/aromatic N) is 3. The van der Waals surface area contributed by atoms with Crippen molar-refractivity contribution < 1.29 is 39.9 Å². The van der Waals surface area contributed by atoms with Gasteiger partial charge in [0.15, 0.2) is 21.3 Å². The van der Waals surface area contributed by atoms with Crippen LogP contribution >= 0.6 is 11.3 Å². The van der Waals surface area contributed by atoms with Crippen LogP contribution in [0.4, 0.5) is 26.3 Å². The lowest BCUT2D eigenvalue weighted by atomic mass is 10.1. The zero-order valence-electron chi connectivity index (χ0n) is 18.1. The van der Waals surface area contributed by atoms with Gasteiger partial charge in [0.25, 0.3) is 0 Å². The van der Waals surface area contributed by atoms with Crippen molar-refractivity contribution in [1.29, 1.82) is 0 Å². The van der Waals surface area contributed by atoms with Crippen LogP contribution in [-0.2, 0) is 28.8 Å². The fourth-order valence-electron chi connectivity index (χ4n) is 3.46. The molecule has 4 aromatic rings. The average molecular weight is 548 g/mol. The van der Waals surface area contributed by atoms with Crippen molar-refractivity contribution in [2.45, 2.75) is 23.9 Å². The third-order valence-corrected chi connectivity index (χ3v) is 7.41. The summed E-state index contributed by atoms with van der Waals surface area (Å²) >= 11 is 0.923. The van der Waals surface area contributed by atoms with Gasteiger partial charge in [0.2, 0.25) is 0 Å². The topological polar surface area (TPSA) is 85.1 Å². The molecule has 0 unspecified atom stereocenters. The second kappa shape index (κ2) is 9.01. The van der Waals surface area contributed by atoms with Gasteiger partial charge in [-0.25, -0.2) is 18.1 Å². The number of aliphatic hydroxyl groups is 1. The number of sulfone groups is 1. The van der Waals surface area contributed by atoms with E-state index in [1.165, 1.54) is 30.3 Å². The first-order valence-electron chi connectivity index (χ1n) is 9.94. The summed E-state index contributed by atoms with van der Waals surface area (Å²) in [5, 5.41) is 12.8. The number of hydrogen-bond donors (Lipinski definition) is 1. The second-order valence-corrected chi connectivity index (χ2v) is 10.7. The number of aromatic nitrogens is 3. The van der Waals surface area contributed by atoms with Gasteiger partial charge in [-0.2, -0.15) is 31.4 Å². The SMILES string of the molecule is CS(=O)(=O)c1cc(-c2ccc(-c3cc(C(F)(F)F)nn3-c3ncccc3C(F)(F)F)s2)ccc1CO. The Hall–Kier alpha value is -3.23. The standard InChI is InChI=1S/C22H15F6N3O3S2/c1-36(33,34)18-9-12(4-5-13(18)11-32)16-6-7-17(35-16)15-10-19(22(26,27)28)30-31(15)20-14(21(23,24)25)3-2-8-29-20/h2-10,32H,11H2,1H3. The van der Waals surface area contributed by atoms with E-state index in [0.29, 0.717) is 27.3 Å². The van der Waals surface area contributed by atoms with Crippen LogP contribution < -0.4 is 0 Å². The van der Waals surface area contributed by atoms with Gasteiger partial charge >= 0.3 is 12.4 Å². The number of hydrogen-bond acceptors (Lipinski definition) is 6. The maximum absolute atomic E-state index is 13.6. The van der Waals surface area contributed by atoms with Crippen molar-refractivity contribution in [1.82, 2.24) is 14.8 Å². The maximum Gasteiger partial charge on any atom is 0.435 e. The summed E-state index contributed by atoms with van der Waals surface area (Å²) in [7, 11) is -3.71. The highest BCUT2D eigenvalue weighted by atomic mass is 32.2. The summed E-state index contributed by atoms with van der Waals surface area (Å²) < 4.78 is 106. The molecule has 0 fully saturated rings. The highest BCUT2D eigenvalue weighted by Crippen LogP contribution is 2.41. The number of alkyl halides is 6. The summed E-state index contributed by atoms with van der Waals surface area (Å²) in [4.78, 5) is 4.09. The number of benzene rings is 1. The molecule has 14 heteroatoms. The molecule has 0 bridgehead atoms. The Morgan fingerprint density at radius 2 is 1.67 bits per heavy atom. The molecule has 0 radical (unpaired) electrons. The summed E-state index contributed by atoms with van der Waals surface area (Å²) in [6, 6.07) is 9.46. The van der Waals surface area contributed by atoms with Gasteiger partial charge in [-0.1, -0.05) is 12.1 Å². The Morgan fingerprint density at radius 1 is 0.972 bits per heavy atom. The molecule has 4 rings (SSSR count). The molecule has 1 N–H and O–H groups in total. The van der Waals surface area contributed by atoms with Gasteiger partial charge < -0.3 is 5.11 Å². The third kappa shape index (κ3) is 5.01. The lowest BCUT2D eigenvalue weighted by Gasteiger charge is -2.13. The molecule has 0 spiro atoms. The Bertz CT molecular complexity index is 1540. The highest BCUT2D eigenvalue weighted by Gasteiger charge is 2.39. The molecule has 6 nitrogen and oxygen atoms in total. The van der Waals surface area contributed by atoms with Crippen LogP contribution in [0.2, 0.25) is 0 Å². The van der Waals surface area contributed by atoms with Crippen LogP contribution in [0, 0.1) is 0 Å². The van der Waals surface area contributed by atoms with Crippen LogP contribution in [0.25, 0.3) is 26.8 Å². The first-order chi connectivity index (χ1) is 16.7. The predicted molar refractivity (Wildman–Crippen MR) is 119 cm³/mol. The molecule has 0 aliphatic heterocycles. The minimum atomic E-state index is -4.93. The second-order valence-electron chi connectivity index (χ2n) is 7.61. The average Bonchev–Trinajstić information content (AvgIpc) is 3.45. The molecule has 0 amide bonds. The van der Waals surface area contributed by atoms with Gasteiger partial charge in [-0.3, -0.25) is 0 Å². The molecule has 3 heterocycles. The van der Waals surface area contributed by atoms with E-state index >= 15 is 0 Å². The van der Waals surface area contributed by atoms with E-state index in [4.69, 9.17) is 0 Å². The summed E-state index contributed by atoms with van der Waals surface area (Å²) in [5.74, 6) is -0.822. The Morgan fingerprint density at radius 3 is 2.28 bits per heavy atom. The third-order valence-electron chi connectivity index (χ3n) is 5.07. The Kier molecular flexibility index (Phi) is 6.47. The fraction of sp³-hybridized carbons (Fsp3) is 0.182. The van der Waals surface area contributed by atoms with E-state index in [1.807, 2.05) is 0 Å². The van der Waals surface area contributed by atoms with E-state index in [-0.39, 0.29) is 21.0 Å². The van der Waals surface area contributed by atoms with Crippen molar-refractivity contribution in [3.8, 4) is 26.8 Å². The van der Waals surface area contributed by atoms with Gasteiger partial charge in [0, 0.05) is 17.3 Å². The van der Waals surface area contributed by atoms with Crippen LogP contribution in [0.5, 0.6) is 0 Å². The van der Waals surface area contributed by atoms with Gasteiger partial charge in [-0.15, -0.1) is 11.3 Å². The normalized spacial score (nSPS) is 12.8. The van der Waals surface area contributed by atoms with Crippen molar-refractivity contribution in [3.05, 3.63) is 71.5 Å². The highest BCUT2D eigenvalue weighted by molar-refractivity contribution is 7.90. The number of pyridine rings is 1. The molecule has 0 atom stereocenters. The molecular formula is C22H15F6N3O3S2. The fourth-order valence-corrected chi connectivity index (χ4v) is 5.41. The largest absolute Gasteiger partial charge is 0.435 e. The number of thiophene rings is 1.